The van der Waals surface area contributed by atoms with E-state index in [0.29, 0.717) is 18.7 Å². The summed E-state index contributed by atoms with van der Waals surface area (Å²) in [6, 6.07) is 12.0. The van der Waals surface area contributed by atoms with Crippen LogP contribution >= 0.6 is 0 Å². The smallest absolute Gasteiger partial charge is 0.422 e. The Bertz CT molecular complexity index is 1000. The molecule has 0 aliphatic rings. The number of carbonyl (C=O) groups is 1. The van der Waals surface area contributed by atoms with Crippen molar-refractivity contribution in [2.45, 2.75) is 38.4 Å². The minimum atomic E-state index is -4.43. The van der Waals surface area contributed by atoms with Gasteiger partial charge in [0.15, 0.2) is 18.1 Å². The Morgan fingerprint density at radius 2 is 1.97 bits per heavy atom. The van der Waals surface area contributed by atoms with Crippen LogP contribution in [0.15, 0.2) is 42.5 Å². The molecule has 0 radical (unpaired) electrons. The molecule has 0 saturated carbocycles. The highest BCUT2D eigenvalue weighted by Gasteiger charge is 2.29. The number of halogens is 3. The van der Waals surface area contributed by atoms with Crippen LogP contribution < -0.4 is 14.8 Å². The number of fused-ring (bicyclic) bond motifs is 1. The molecule has 1 unspecified atom stereocenters. The third-order valence-corrected chi connectivity index (χ3v) is 4.74. The zero-order chi connectivity index (χ0) is 22.4. The van der Waals surface area contributed by atoms with Gasteiger partial charge in [-0.25, -0.2) is 4.98 Å². The van der Waals surface area contributed by atoms with Crippen molar-refractivity contribution in [2.24, 2.45) is 0 Å². The van der Waals surface area contributed by atoms with Gasteiger partial charge in [-0.3, -0.25) is 4.79 Å². The maximum absolute atomic E-state index is 12.5. The second-order valence-corrected chi connectivity index (χ2v) is 7.06. The average Bonchev–Trinajstić information content (AvgIpc) is 3.18. The first-order chi connectivity index (χ1) is 14.8. The number of carbonyl (C=O) groups excluding carboxylic acids is 1. The molecule has 9 heteroatoms. The number of benzene rings is 2. The molecular weight excluding hydrogens is 411 g/mol. The van der Waals surface area contributed by atoms with Crippen LogP contribution in [-0.2, 0) is 11.2 Å². The number of para-hydroxylation sites is 2. The summed E-state index contributed by atoms with van der Waals surface area (Å²) in [4.78, 5) is 20.2. The van der Waals surface area contributed by atoms with E-state index in [9.17, 15) is 18.0 Å². The monoisotopic (exact) mass is 435 g/mol. The number of imidazole rings is 1. The third kappa shape index (κ3) is 6.13. The van der Waals surface area contributed by atoms with E-state index < -0.39 is 12.8 Å². The van der Waals surface area contributed by atoms with Crippen molar-refractivity contribution in [3.63, 3.8) is 0 Å². The Hall–Kier alpha value is -3.23. The van der Waals surface area contributed by atoms with Crippen molar-refractivity contribution in [1.29, 1.82) is 0 Å². The molecule has 166 valence electrons. The first kappa shape index (κ1) is 22.5. The predicted molar refractivity (Wildman–Crippen MR) is 110 cm³/mol. The summed E-state index contributed by atoms with van der Waals surface area (Å²) in [5.74, 6) is 0.744. The van der Waals surface area contributed by atoms with Crippen LogP contribution in [0.1, 0.15) is 37.2 Å². The summed E-state index contributed by atoms with van der Waals surface area (Å²) in [6.45, 7) is 0.563. The normalized spacial score (nSPS) is 12.5. The number of nitrogens with one attached hydrogen (secondary N) is 2. The molecule has 3 rings (SSSR count). The maximum Gasteiger partial charge on any atom is 0.422 e. The average molecular weight is 435 g/mol. The topological polar surface area (TPSA) is 76.2 Å². The molecule has 2 aromatic carbocycles. The molecule has 1 atom stereocenters. The van der Waals surface area contributed by atoms with Crippen LogP contribution in [0.2, 0.25) is 0 Å². The Kier molecular flexibility index (Phi) is 7.04. The van der Waals surface area contributed by atoms with E-state index in [-0.39, 0.29) is 29.9 Å². The van der Waals surface area contributed by atoms with Crippen LogP contribution in [0.25, 0.3) is 11.0 Å². The van der Waals surface area contributed by atoms with Crippen LogP contribution in [-0.4, -0.2) is 35.8 Å². The molecule has 3 aromatic rings. The molecule has 31 heavy (non-hydrogen) atoms. The molecule has 0 aliphatic heterocycles. The van der Waals surface area contributed by atoms with E-state index in [2.05, 4.69) is 15.3 Å². The van der Waals surface area contributed by atoms with Gasteiger partial charge in [0.2, 0.25) is 5.91 Å². The summed E-state index contributed by atoms with van der Waals surface area (Å²) >= 11 is 0. The first-order valence-corrected chi connectivity index (χ1v) is 9.89. The lowest BCUT2D eigenvalue weighted by molar-refractivity contribution is -0.153. The zero-order valence-corrected chi connectivity index (χ0v) is 17.3. The SMILES string of the molecule is CCC(NC(=O)CCc1ccc(OCC(F)(F)F)c(OC)c1)c1nc2ccccc2[nH]1. The van der Waals surface area contributed by atoms with Gasteiger partial charge in [0.05, 0.1) is 24.2 Å². The Morgan fingerprint density at radius 3 is 2.65 bits per heavy atom. The number of rotatable bonds is 9. The number of nitrogens with zero attached hydrogens (tertiary/aromatic N) is 1. The predicted octanol–water partition coefficient (Wildman–Crippen LogP) is 4.71. The van der Waals surface area contributed by atoms with E-state index in [1.54, 1.807) is 12.1 Å². The molecule has 0 saturated heterocycles. The van der Waals surface area contributed by atoms with Gasteiger partial charge < -0.3 is 19.8 Å². The van der Waals surface area contributed by atoms with Gasteiger partial charge in [-0.15, -0.1) is 0 Å². The largest absolute Gasteiger partial charge is 0.493 e. The Balaban J connectivity index is 1.59. The number of amides is 1. The van der Waals surface area contributed by atoms with Crippen LogP contribution in [0.3, 0.4) is 0 Å². The van der Waals surface area contributed by atoms with Gasteiger partial charge in [-0.2, -0.15) is 13.2 Å². The lowest BCUT2D eigenvalue weighted by Crippen LogP contribution is -2.29. The number of ether oxygens (including phenoxy) is 2. The van der Waals surface area contributed by atoms with Gasteiger partial charge in [0.25, 0.3) is 0 Å². The number of alkyl halides is 3. The van der Waals surface area contributed by atoms with Gasteiger partial charge in [-0.05, 0) is 42.7 Å². The van der Waals surface area contributed by atoms with E-state index in [4.69, 9.17) is 9.47 Å². The van der Waals surface area contributed by atoms with Crippen molar-refractivity contribution in [3.8, 4) is 11.5 Å². The summed E-state index contributed by atoms with van der Waals surface area (Å²) < 4.78 is 47.0. The molecule has 6 nitrogen and oxygen atoms in total. The van der Waals surface area contributed by atoms with Crippen molar-refractivity contribution in [2.75, 3.05) is 13.7 Å². The molecule has 0 aliphatic carbocycles. The quantitative estimate of drug-likeness (QED) is 0.510. The fourth-order valence-corrected chi connectivity index (χ4v) is 3.17. The number of aryl methyl sites for hydroxylation is 1. The van der Waals surface area contributed by atoms with Crippen molar-refractivity contribution < 1.29 is 27.4 Å². The highest BCUT2D eigenvalue weighted by Crippen LogP contribution is 2.30. The molecule has 2 N–H and O–H groups in total. The van der Waals surface area contributed by atoms with Gasteiger partial charge >= 0.3 is 6.18 Å². The van der Waals surface area contributed by atoms with E-state index >= 15 is 0 Å². The Morgan fingerprint density at radius 1 is 1.19 bits per heavy atom. The van der Waals surface area contributed by atoms with Gasteiger partial charge in [-0.1, -0.05) is 25.1 Å². The number of aromatic nitrogens is 2. The molecule has 1 amide bonds. The molecular formula is C22H24F3N3O3. The van der Waals surface area contributed by atoms with Crippen molar-refractivity contribution >= 4 is 16.9 Å². The zero-order valence-electron chi connectivity index (χ0n) is 17.3. The van der Waals surface area contributed by atoms with Crippen LogP contribution in [0, 0.1) is 0 Å². The summed E-state index contributed by atoms with van der Waals surface area (Å²) in [6.07, 6.45) is -3.15. The lowest BCUT2D eigenvalue weighted by atomic mass is 10.1. The van der Waals surface area contributed by atoms with E-state index in [0.717, 1.165) is 16.6 Å². The number of hydrogen-bond donors (Lipinski definition) is 2. The molecule has 0 bridgehead atoms. The van der Waals surface area contributed by atoms with Crippen molar-refractivity contribution in [1.82, 2.24) is 15.3 Å². The lowest BCUT2D eigenvalue weighted by Gasteiger charge is -2.15. The van der Waals surface area contributed by atoms with Crippen molar-refractivity contribution in [3.05, 3.63) is 53.9 Å². The number of H-pyrrole nitrogens is 1. The minimum absolute atomic E-state index is 0.00367. The number of methoxy groups -OCH3 is 1. The maximum atomic E-state index is 12.5. The molecule has 1 heterocycles. The Labute approximate surface area is 177 Å². The van der Waals surface area contributed by atoms with E-state index in [1.165, 1.54) is 13.2 Å². The fraction of sp³-hybridized carbons (Fsp3) is 0.364. The molecule has 1 aromatic heterocycles. The van der Waals surface area contributed by atoms with Crippen LogP contribution in [0.5, 0.6) is 11.5 Å². The van der Waals surface area contributed by atoms with Gasteiger partial charge in [0.1, 0.15) is 5.82 Å². The molecule has 0 fully saturated rings. The number of aromatic amines is 1. The fourth-order valence-electron chi connectivity index (χ4n) is 3.17. The highest BCUT2D eigenvalue weighted by atomic mass is 19.4. The second kappa shape index (κ2) is 9.72. The summed E-state index contributed by atoms with van der Waals surface area (Å²) in [5.41, 5.74) is 2.50. The third-order valence-electron chi connectivity index (χ3n) is 4.74. The van der Waals surface area contributed by atoms with E-state index in [1.807, 2.05) is 31.2 Å². The second-order valence-electron chi connectivity index (χ2n) is 7.06. The highest BCUT2D eigenvalue weighted by molar-refractivity contribution is 5.77. The van der Waals surface area contributed by atoms with Crippen LogP contribution in [0.4, 0.5) is 13.2 Å². The molecule has 0 spiro atoms. The van der Waals surface area contributed by atoms with Gasteiger partial charge in [0, 0.05) is 6.42 Å². The number of hydrogen-bond acceptors (Lipinski definition) is 4. The summed E-state index contributed by atoms with van der Waals surface area (Å²) in [7, 11) is 1.35. The standard InChI is InChI=1S/C22H24F3N3O3/c1-3-15(21-27-16-6-4-5-7-17(16)28-21)26-20(29)11-9-14-8-10-18(19(12-14)30-2)31-13-22(23,24)25/h4-8,10,12,15H,3,9,11,13H2,1-2H3,(H,26,29)(H,27,28). The first-order valence-electron chi connectivity index (χ1n) is 9.89. The minimum Gasteiger partial charge on any atom is -0.493 e. The summed E-state index contributed by atoms with van der Waals surface area (Å²) in [5, 5.41) is 2.98.